The molecule has 0 saturated heterocycles. The molecule has 0 bridgehead atoms. The van der Waals surface area contributed by atoms with Crippen molar-refractivity contribution in [3.63, 3.8) is 0 Å². The number of ether oxygens (including phenoxy) is 1. The van der Waals surface area contributed by atoms with Crippen molar-refractivity contribution in [2.45, 2.75) is 26.5 Å². The Bertz CT molecular complexity index is 440. The van der Waals surface area contributed by atoms with Crippen LogP contribution in [-0.4, -0.2) is 18.3 Å². The molecule has 0 amide bonds. The molecule has 0 fully saturated rings. The van der Waals surface area contributed by atoms with Gasteiger partial charge in [-0.3, -0.25) is 0 Å². The third-order valence-electron chi connectivity index (χ3n) is 2.48. The fourth-order valence-electron chi connectivity index (χ4n) is 1.56. The summed E-state index contributed by atoms with van der Waals surface area (Å²) in [5.74, 6) is 0.786. The Kier molecular flexibility index (Phi) is 5.38. The molecular weight excluding hydrogens is 248 g/mol. The first-order chi connectivity index (χ1) is 8.88. The van der Waals surface area contributed by atoms with E-state index in [0.717, 1.165) is 31.0 Å². The first kappa shape index (κ1) is 13.3. The highest BCUT2D eigenvalue weighted by Crippen LogP contribution is 2.10. The lowest BCUT2D eigenvalue weighted by Crippen LogP contribution is -2.11. The highest BCUT2D eigenvalue weighted by Gasteiger charge is 2.03. The van der Waals surface area contributed by atoms with E-state index in [1.807, 2.05) is 6.07 Å². The third-order valence-corrected chi connectivity index (χ3v) is 3.42. The molecule has 0 saturated carbocycles. The molecule has 2 rings (SSSR count). The zero-order chi connectivity index (χ0) is 12.6. The van der Waals surface area contributed by atoms with E-state index >= 15 is 0 Å². The number of nitrogens with one attached hydrogen (secondary N) is 1. The zero-order valence-corrected chi connectivity index (χ0v) is 11.3. The van der Waals surface area contributed by atoms with Gasteiger partial charge < -0.3 is 14.6 Å². The van der Waals surface area contributed by atoms with E-state index < -0.39 is 0 Å². The molecule has 2 aromatic heterocycles. The normalized spacial score (nSPS) is 10.9. The van der Waals surface area contributed by atoms with Crippen LogP contribution in [0.3, 0.4) is 0 Å². The monoisotopic (exact) mass is 266 g/mol. The first-order valence-electron chi connectivity index (χ1n) is 6.14. The van der Waals surface area contributed by atoms with Gasteiger partial charge in [-0.25, -0.2) is 0 Å². The third kappa shape index (κ3) is 4.25. The smallest absolute Gasteiger partial charge is 0.162 e. The molecule has 2 heterocycles. The van der Waals surface area contributed by atoms with Crippen LogP contribution < -0.4 is 5.32 Å². The van der Waals surface area contributed by atoms with Crippen LogP contribution in [0.5, 0.6) is 0 Å². The van der Waals surface area contributed by atoms with Gasteiger partial charge in [0.05, 0.1) is 12.3 Å². The van der Waals surface area contributed by atoms with E-state index in [0.29, 0.717) is 13.2 Å². The molecular formula is C13H18N2O2S. The summed E-state index contributed by atoms with van der Waals surface area (Å²) >= 11 is 1.76. The van der Waals surface area contributed by atoms with Crippen molar-refractivity contribution < 1.29 is 9.26 Å². The molecule has 18 heavy (non-hydrogen) atoms. The van der Waals surface area contributed by atoms with Crippen LogP contribution in [0, 0.1) is 0 Å². The molecule has 2 aromatic rings. The van der Waals surface area contributed by atoms with Crippen LogP contribution in [0.25, 0.3) is 0 Å². The Hall–Kier alpha value is -1.17. The van der Waals surface area contributed by atoms with Crippen LogP contribution in [0.1, 0.15) is 23.3 Å². The molecule has 0 atom stereocenters. The minimum absolute atomic E-state index is 0.491. The van der Waals surface area contributed by atoms with Crippen molar-refractivity contribution in [2.24, 2.45) is 0 Å². The summed E-state index contributed by atoms with van der Waals surface area (Å²) in [7, 11) is 0. The van der Waals surface area contributed by atoms with Crippen LogP contribution >= 0.6 is 11.3 Å². The van der Waals surface area contributed by atoms with Crippen LogP contribution in [0.15, 0.2) is 28.1 Å². The van der Waals surface area contributed by atoms with Gasteiger partial charge in [0.2, 0.25) is 0 Å². The average Bonchev–Trinajstić information content (AvgIpc) is 3.04. The Morgan fingerprint density at radius 1 is 1.50 bits per heavy atom. The summed E-state index contributed by atoms with van der Waals surface area (Å²) in [6.45, 7) is 4.94. The summed E-state index contributed by atoms with van der Waals surface area (Å²) in [5.41, 5.74) is 0.925. The van der Waals surface area contributed by atoms with E-state index in [2.05, 4.69) is 34.9 Å². The van der Waals surface area contributed by atoms with Crippen molar-refractivity contribution in [2.75, 3.05) is 13.2 Å². The fourth-order valence-corrected chi connectivity index (χ4v) is 2.25. The summed E-state index contributed by atoms with van der Waals surface area (Å²) in [6, 6.07) is 6.12. The van der Waals surface area contributed by atoms with Crippen molar-refractivity contribution in [3.8, 4) is 0 Å². The lowest BCUT2D eigenvalue weighted by molar-refractivity contribution is 0.104. The Morgan fingerprint density at radius 2 is 2.44 bits per heavy atom. The van der Waals surface area contributed by atoms with Crippen molar-refractivity contribution >= 4 is 11.3 Å². The van der Waals surface area contributed by atoms with Crippen LogP contribution in [0.2, 0.25) is 0 Å². The topological polar surface area (TPSA) is 47.3 Å². The maximum absolute atomic E-state index is 5.56. The van der Waals surface area contributed by atoms with Gasteiger partial charge in [-0.15, -0.1) is 11.3 Å². The Balaban J connectivity index is 1.65. The fraction of sp³-hybridized carbons (Fsp3) is 0.462. The van der Waals surface area contributed by atoms with E-state index in [1.54, 1.807) is 11.3 Å². The number of hydrogen-bond acceptors (Lipinski definition) is 5. The number of hydrogen-bond donors (Lipinski definition) is 1. The minimum atomic E-state index is 0.491. The summed E-state index contributed by atoms with van der Waals surface area (Å²) in [5, 5.41) is 9.25. The standard InChI is InChI=1S/C13H18N2O2S/c1-2-14-9-11-8-12(17-15-11)10-16-6-5-13-4-3-7-18-13/h3-4,7-8,14H,2,5-6,9-10H2,1H3. The molecule has 0 aliphatic rings. The first-order valence-corrected chi connectivity index (χ1v) is 7.01. The van der Waals surface area contributed by atoms with Crippen molar-refractivity contribution in [3.05, 3.63) is 39.9 Å². The number of thiophene rings is 1. The van der Waals surface area contributed by atoms with Gasteiger partial charge >= 0.3 is 0 Å². The van der Waals surface area contributed by atoms with Crippen molar-refractivity contribution in [1.82, 2.24) is 10.5 Å². The van der Waals surface area contributed by atoms with Gasteiger partial charge in [0.15, 0.2) is 5.76 Å². The summed E-state index contributed by atoms with van der Waals surface area (Å²) < 4.78 is 10.7. The molecule has 5 heteroatoms. The molecule has 0 radical (unpaired) electrons. The van der Waals surface area contributed by atoms with E-state index in [1.165, 1.54) is 4.88 Å². The average molecular weight is 266 g/mol. The zero-order valence-electron chi connectivity index (χ0n) is 10.5. The lowest BCUT2D eigenvalue weighted by atomic mass is 10.3. The molecule has 0 unspecified atom stereocenters. The summed E-state index contributed by atoms with van der Waals surface area (Å²) in [4.78, 5) is 1.35. The molecule has 0 aliphatic heterocycles. The van der Waals surface area contributed by atoms with Crippen LogP contribution in [-0.2, 0) is 24.3 Å². The number of rotatable bonds is 8. The Labute approximate surface area is 111 Å². The second-order valence-corrected chi connectivity index (χ2v) is 4.98. The van der Waals surface area contributed by atoms with Gasteiger partial charge in [-0.1, -0.05) is 18.1 Å². The van der Waals surface area contributed by atoms with Gasteiger partial charge in [0.25, 0.3) is 0 Å². The van der Waals surface area contributed by atoms with Crippen LogP contribution in [0.4, 0.5) is 0 Å². The predicted octanol–water partition coefficient (Wildman–Crippen LogP) is 2.60. The van der Waals surface area contributed by atoms with Gasteiger partial charge in [0, 0.05) is 23.9 Å². The highest BCUT2D eigenvalue weighted by atomic mass is 32.1. The van der Waals surface area contributed by atoms with Gasteiger partial charge in [-0.2, -0.15) is 0 Å². The number of aromatic nitrogens is 1. The van der Waals surface area contributed by atoms with E-state index in [9.17, 15) is 0 Å². The second kappa shape index (κ2) is 7.31. The van der Waals surface area contributed by atoms with E-state index in [-0.39, 0.29) is 0 Å². The maximum Gasteiger partial charge on any atom is 0.162 e. The molecule has 1 N–H and O–H groups in total. The maximum atomic E-state index is 5.56. The van der Waals surface area contributed by atoms with Gasteiger partial charge in [-0.05, 0) is 18.0 Å². The summed E-state index contributed by atoms with van der Waals surface area (Å²) in [6.07, 6.45) is 0.954. The van der Waals surface area contributed by atoms with Crippen molar-refractivity contribution in [1.29, 1.82) is 0 Å². The number of nitrogens with zero attached hydrogens (tertiary/aromatic N) is 1. The molecule has 98 valence electrons. The SMILES string of the molecule is CCNCc1cc(COCCc2cccs2)on1. The largest absolute Gasteiger partial charge is 0.373 e. The molecule has 0 aliphatic carbocycles. The molecule has 4 nitrogen and oxygen atoms in total. The highest BCUT2D eigenvalue weighted by molar-refractivity contribution is 7.09. The molecule has 0 spiro atoms. The quantitative estimate of drug-likeness (QED) is 0.746. The minimum Gasteiger partial charge on any atom is -0.373 e. The Morgan fingerprint density at radius 3 is 3.22 bits per heavy atom. The predicted molar refractivity (Wildman–Crippen MR) is 71.6 cm³/mol. The van der Waals surface area contributed by atoms with Gasteiger partial charge in [0.1, 0.15) is 6.61 Å². The van der Waals surface area contributed by atoms with E-state index in [4.69, 9.17) is 9.26 Å². The molecule has 0 aromatic carbocycles. The lowest BCUT2D eigenvalue weighted by Gasteiger charge is -1.99. The second-order valence-electron chi connectivity index (χ2n) is 3.95.